The molecule has 102 valence electrons. The molecule has 0 fully saturated rings. The second-order valence-corrected chi connectivity index (χ2v) is 5.08. The van der Waals surface area contributed by atoms with Crippen molar-refractivity contribution in [2.24, 2.45) is 5.92 Å². The fourth-order valence-electron chi connectivity index (χ4n) is 2.60. The lowest BCUT2D eigenvalue weighted by atomic mass is 10.0. The Balaban J connectivity index is 2.40. The predicted molar refractivity (Wildman–Crippen MR) is 77.3 cm³/mol. The Kier molecular flexibility index (Phi) is 4.25. The van der Waals surface area contributed by atoms with Crippen LogP contribution in [-0.2, 0) is 17.8 Å². The third kappa shape index (κ3) is 2.98. The van der Waals surface area contributed by atoms with E-state index in [1.54, 1.807) is 0 Å². The van der Waals surface area contributed by atoms with E-state index in [2.05, 4.69) is 24.5 Å². The van der Waals surface area contributed by atoms with Gasteiger partial charge in [0.15, 0.2) is 0 Å². The minimum absolute atomic E-state index is 0.0937. The van der Waals surface area contributed by atoms with Gasteiger partial charge in [-0.2, -0.15) is 0 Å². The number of para-hydroxylation sites is 1. The van der Waals surface area contributed by atoms with Gasteiger partial charge >= 0.3 is 5.97 Å². The smallest absolute Gasteiger partial charge is 0.307 e. The molecule has 0 bridgehead atoms. The lowest BCUT2D eigenvalue weighted by Crippen LogP contribution is -2.08. The molecular formula is C16H21NO2. The molecule has 3 heteroatoms. The van der Waals surface area contributed by atoms with Crippen LogP contribution in [-0.4, -0.2) is 15.6 Å². The van der Waals surface area contributed by atoms with E-state index >= 15 is 0 Å². The molecule has 1 aromatic heterocycles. The molecule has 0 aliphatic carbocycles. The number of fused-ring (bicyclic) bond motifs is 1. The molecule has 0 aliphatic heterocycles. The van der Waals surface area contributed by atoms with Gasteiger partial charge in [-0.05, 0) is 17.5 Å². The molecule has 2 aromatic rings. The van der Waals surface area contributed by atoms with Gasteiger partial charge in [-0.1, -0.05) is 44.9 Å². The van der Waals surface area contributed by atoms with Gasteiger partial charge in [0.25, 0.3) is 0 Å². The van der Waals surface area contributed by atoms with Crippen LogP contribution in [0.1, 0.15) is 32.3 Å². The average molecular weight is 259 g/mol. The average Bonchev–Trinajstić information content (AvgIpc) is 2.74. The minimum Gasteiger partial charge on any atom is -0.481 e. The highest BCUT2D eigenvalue weighted by Crippen LogP contribution is 2.24. The first kappa shape index (κ1) is 13.7. The van der Waals surface area contributed by atoms with Gasteiger partial charge in [-0.3, -0.25) is 4.79 Å². The highest BCUT2D eigenvalue weighted by atomic mass is 16.4. The Labute approximate surface area is 113 Å². The zero-order valence-corrected chi connectivity index (χ0v) is 11.6. The quantitative estimate of drug-likeness (QED) is 0.859. The molecule has 1 aromatic carbocycles. The van der Waals surface area contributed by atoms with E-state index in [4.69, 9.17) is 5.11 Å². The molecule has 0 aliphatic rings. The number of rotatable bonds is 6. The van der Waals surface area contributed by atoms with Crippen LogP contribution in [0.5, 0.6) is 0 Å². The van der Waals surface area contributed by atoms with Crippen molar-refractivity contribution in [1.82, 2.24) is 4.57 Å². The number of carbonyl (C=O) groups is 1. The number of aliphatic carboxylic acids is 1. The molecule has 0 unspecified atom stereocenters. The molecule has 0 saturated heterocycles. The molecule has 0 amide bonds. The summed E-state index contributed by atoms with van der Waals surface area (Å²) in [5.41, 5.74) is 2.06. The molecule has 0 radical (unpaired) electrons. The first-order valence-corrected chi connectivity index (χ1v) is 6.94. The molecule has 1 N–H and O–H groups in total. The van der Waals surface area contributed by atoms with E-state index in [-0.39, 0.29) is 6.42 Å². The van der Waals surface area contributed by atoms with Crippen LogP contribution in [0.2, 0.25) is 0 Å². The van der Waals surface area contributed by atoms with Crippen molar-refractivity contribution >= 4 is 16.9 Å². The van der Waals surface area contributed by atoms with E-state index in [1.807, 2.05) is 24.4 Å². The molecule has 0 atom stereocenters. The van der Waals surface area contributed by atoms with Gasteiger partial charge in [0.2, 0.25) is 0 Å². The minimum atomic E-state index is -0.773. The maximum absolute atomic E-state index is 10.9. The van der Waals surface area contributed by atoms with E-state index in [0.29, 0.717) is 5.92 Å². The second kappa shape index (κ2) is 5.91. The summed E-state index contributed by atoms with van der Waals surface area (Å²) in [6, 6.07) is 8.06. The maximum atomic E-state index is 10.9. The number of hydrogen-bond acceptors (Lipinski definition) is 1. The number of aromatic nitrogens is 1. The van der Waals surface area contributed by atoms with Gasteiger partial charge in [-0.15, -0.1) is 0 Å². The highest BCUT2D eigenvalue weighted by molar-refractivity contribution is 5.87. The van der Waals surface area contributed by atoms with E-state index in [0.717, 1.165) is 35.9 Å². The molecule has 1 heterocycles. The molecule has 19 heavy (non-hydrogen) atoms. The van der Waals surface area contributed by atoms with Crippen LogP contribution in [0.3, 0.4) is 0 Å². The van der Waals surface area contributed by atoms with Crippen molar-refractivity contribution in [2.75, 3.05) is 0 Å². The summed E-state index contributed by atoms with van der Waals surface area (Å²) in [6.07, 6.45) is 4.40. The molecular weight excluding hydrogens is 238 g/mol. The Hall–Kier alpha value is -1.77. The lowest BCUT2D eigenvalue weighted by Gasteiger charge is -2.14. The van der Waals surface area contributed by atoms with E-state index < -0.39 is 5.97 Å². The maximum Gasteiger partial charge on any atom is 0.307 e. The normalized spacial score (nSPS) is 11.3. The van der Waals surface area contributed by atoms with Crippen molar-refractivity contribution in [3.63, 3.8) is 0 Å². The number of hydrogen-bond donors (Lipinski definition) is 1. The number of carboxylic acid groups (broad SMARTS) is 1. The number of nitrogens with zero attached hydrogens (tertiary/aromatic N) is 1. The van der Waals surface area contributed by atoms with Gasteiger partial charge in [0, 0.05) is 23.6 Å². The first-order chi connectivity index (χ1) is 9.15. The molecule has 0 saturated carbocycles. The van der Waals surface area contributed by atoms with Crippen molar-refractivity contribution in [3.05, 3.63) is 36.0 Å². The van der Waals surface area contributed by atoms with E-state index in [1.165, 1.54) is 0 Å². The predicted octanol–water partition coefficient (Wildman–Crippen LogP) is 3.70. The van der Waals surface area contributed by atoms with Gasteiger partial charge in [0.05, 0.1) is 6.42 Å². The summed E-state index contributed by atoms with van der Waals surface area (Å²) in [7, 11) is 0. The van der Waals surface area contributed by atoms with Crippen LogP contribution in [0, 0.1) is 5.92 Å². The van der Waals surface area contributed by atoms with Gasteiger partial charge in [-0.25, -0.2) is 0 Å². The Morgan fingerprint density at radius 2 is 1.95 bits per heavy atom. The lowest BCUT2D eigenvalue weighted by molar-refractivity contribution is -0.136. The summed E-state index contributed by atoms with van der Waals surface area (Å²) in [5, 5.41) is 10.1. The topological polar surface area (TPSA) is 42.2 Å². The zero-order chi connectivity index (χ0) is 13.8. The summed E-state index contributed by atoms with van der Waals surface area (Å²) >= 11 is 0. The summed E-state index contributed by atoms with van der Waals surface area (Å²) in [5.74, 6) is -0.126. The van der Waals surface area contributed by atoms with Gasteiger partial charge in [0.1, 0.15) is 0 Å². The summed E-state index contributed by atoms with van der Waals surface area (Å²) in [6.45, 7) is 5.38. The van der Waals surface area contributed by atoms with Crippen LogP contribution < -0.4 is 0 Å². The van der Waals surface area contributed by atoms with Crippen molar-refractivity contribution in [3.8, 4) is 0 Å². The monoisotopic (exact) mass is 259 g/mol. The zero-order valence-electron chi connectivity index (χ0n) is 11.6. The Morgan fingerprint density at radius 1 is 1.26 bits per heavy atom. The van der Waals surface area contributed by atoms with Gasteiger partial charge < -0.3 is 9.67 Å². The third-order valence-electron chi connectivity index (χ3n) is 3.82. The summed E-state index contributed by atoms with van der Waals surface area (Å²) < 4.78 is 2.21. The van der Waals surface area contributed by atoms with Crippen molar-refractivity contribution in [1.29, 1.82) is 0 Å². The van der Waals surface area contributed by atoms with E-state index in [9.17, 15) is 4.79 Å². The van der Waals surface area contributed by atoms with Crippen LogP contribution in [0.25, 0.3) is 10.9 Å². The third-order valence-corrected chi connectivity index (χ3v) is 3.82. The Morgan fingerprint density at radius 3 is 2.58 bits per heavy atom. The van der Waals surface area contributed by atoms with Crippen molar-refractivity contribution in [2.45, 2.75) is 39.7 Å². The SMILES string of the molecule is CCC(CC)Cn1cc(CC(=O)O)c2ccccc21. The summed E-state index contributed by atoms with van der Waals surface area (Å²) in [4.78, 5) is 10.9. The first-order valence-electron chi connectivity index (χ1n) is 6.94. The number of carboxylic acids is 1. The largest absolute Gasteiger partial charge is 0.481 e. The number of benzene rings is 1. The van der Waals surface area contributed by atoms with Crippen LogP contribution >= 0.6 is 0 Å². The van der Waals surface area contributed by atoms with Crippen LogP contribution in [0.4, 0.5) is 0 Å². The molecule has 0 spiro atoms. The standard InChI is InChI=1S/C16H21NO2/c1-3-12(4-2)10-17-11-13(9-16(18)19)14-7-5-6-8-15(14)17/h5-8,11-12H,3-4,9-10H2,1-2H3,(H,18,19). The fraction of sp³-hybridized carbons (Fsp3) is 0.438. The molecule has 2 rings (SSSR count). The fourth-order valence-corrected chi connectivity index (χ4v) is 2.60. The Bertz CT molecular complexity index is 567. The second-order valence-electron chi connectivity index (χ2n) is 5.08. The molecule has 3 nitrogen and oxygen atoms in total. The van der Waals surface area contributed by atoms with Crippen molar-refractivity contribution < 1.29 is 9.90 Å². The van der Waals surface area contributed by atoms with Crippen LogP contribution in [0.15, 0.2) is 30.5 Å². The highest BCUT2D eigenvalue weighted by Gasteiger charge is 2.13.